The van der Waals surface area contributed by atoms with Crippen molar-refractivity contribution in [3.8, 4) is 18.1 Å². The van der Waals surface area contributed by atoms with Gasteiger partial charge in [-0.3, -0.25) is 4.79 Å². The van der Waals surface area contributed by atoms with Crippen molar-refractivity contribution in [2.75, 3.05) is 6.61 Å². The zero-order valence-corrected chi connectivity index (χ0v) is 14.7. The fourth-order valence-corrected chi connectivity index (χ4v) is 2.81. The fourth-order valence-electron chi connectivity index (χ4n) is 2.81. The van der Waals surface area contributed by atoms with Gasteiger partial charge >= 0.3 is 0 Å². The predicted octanol–water partition coefficient (Wildman–Crippen LogP) is 2.49. The van der Waals surface area contributed by atoms with Crippen molar-refractivity contribution >= 4 is 16.5 Å². The minimum absolute atomic E-state index is 0.0463. The maximum Gasteiger partial charge on any atom is 0.279 e. The summed E-state index contributed by atoms with van der Waals surface area (Å²) >= 11 is 0. The first kappa shape index (κ1) is 18.1. The summed E-state index contributed by atoms with van der Waals surface area (Å²) in [5.74, 6) is 1.54. The van der Waals surface area contributed by atoms with Gasteiger partial charge in [-0.25, -0.2) is 9.07 Å². The average molecular weight is 365 g/mol. The standard InChI is InChI=1S/C20H16FN3O3/c1-4-11-27-23-18(17-19(25)12(2)22-24(3)20(17)26)15-9-10-16(21)14-8-6-5-7-13(14)15/h1,5-10,25H,11H2,2-3H3/b23-18+. The molecule has 136 valence electrons. The van der Waals surface area contributed by atoms with E-state index in [9.17, 15) is 14.3 Å². The van der Waals surface area contributed by atoms with Crippen LogP contribution in [0.3, 0.4) is 0 Å². The van der Waals surface area contributed by atoms with Crippen LogP contribution in [0.15, 0.2) is 46.3 Å². The lowest BCUT2D eigenvalue weighted by Crippen LogP contribution is -2.28. The highest BCUT2D eigenvalue weighted by Gasteiger charge is 2.23. The van der Waals surface area contributed by atoms with Crippen LogP contribution < -0.4 is 5.56 Å². The van der Waals surface area contributed by atoms with E-state index in [0.717, 1.165) is 4.68 Å². The normalized spacial score (nSPS) is 11.4. The molecule has 0 radical (unpaired) electrons. The SMILES string of the molecule is C#CCO/N=C(/c1c(O)c(C)nn(C)c1=O)c1ccc(F)c2ccccc12. The summed E-state index contributed by atoms with van der Waals surface area (Å²) in [6.07, 6.45) is 5.19. The quantitative estimate of drug-likeness (QED) is 0.334. The van der Waals surface area contributed by atoms with Crippen LogP contribution in [0.5, 0.6) is 5.75 Å². The van der Waals surface area contributed by atoms with Crippen molar-refractivity contribution in [2.24, 2.45) is 12.2 Å². The van der Waals surface area contributed by atoms with Crippen molar-refractivity contribution in [3.05, 3.63) is 69.4 Å². The number of aromatic hydroxyl groups is 1. The molecular weight excluding hydrogens is 349 g/mol. The third-order valence-electron chi connectivity index (χ3n) is 4.05. The number of benzene rings is 2. The number of halogens is 1. The summed E-state index contributed by atoms with van der Waals surface area (Å²) in [6.45, 7) is 1.43. The van der Waals surface area contributed by atoms with Gasteiger partial charge in [0.05, 0.1) is 0 Å². The second-order valence-corrected chi connectivity index (χ2v) is 5.80. The van der Waals surface area contributed by atoms with E-state index in [1.165, 1.54) is 19.2 Å². The van der Waals surface area contributed by atoms with Gasteiger partial charge in [0.25, 0.3) is 5.56 Å². The summed E-state index contributed by atoms with van der Waals surface area (Å²) in [6, 6.07) is 9.49. The van der Waals surface area contributed by atoms with Crippen LogP contribution in [0.4, 0.5) is 4.39 Å². The number of fused-ring (bicyclic) bond motifs is 1. The molecule has 1 heterocycles. The Balaban J connectivity index is 2.37. The molecule has 0 unspecified atom stereocenters. The summed E-state index contributed by atoms with van der Waals surface area (Å²) in [5, 5.41) is 19.3. The second kappa shape index (κ2) is 7.30. The molecule has 0 fully saturated rings. The van der Waals surface area contributed by atoms with Gasteiger partial charge in [0.2, 0.25) is 0 Å². The molecule has 3 rings (SSSR count). The van der Waals surface area contributed by atoms with Crippen LogP contribution in [0, 0.1) is 25.1 Å². The number of terminal acetylenes is 1. The van der Waals surface area contributed by atoms with Crippen LogP contribution in [0.2, 0.25) is 0 Å². The van der Waals surface area contributed by atoms with E-state index in [1.807, 2.05) is 0 Å². The van der Waals surface area contributed by atoms with E-state index in [0.29, 0.717) is 16.3 Å². The Morgan fingerprint density at radius 2 is 2.04 bits per heavy atom. The highest BCUT2D eigenvalue weighted by atomic mass is 19.1. The molecule has 0 aliphatic heterocycles. The van der Waals surface area contributed by atoms with Gasteiger partial charge in [0.15, 0.2) is 12.4 Å². The summed E-state index contributed by atoms with van der Waals surface area (Å²) < 4.78 is 15.3. The molecule has 0 saturated heterocycles. The molecule has 1 N–H and O–H groups in total. The molecule has 7 heteroatoms. The first-order chi connectivity index (χ1) is 13.0. The molecule has 6 nitrogen and oxygen atoms in total. The highest BCUT2D eigenvalue weighted by Crippen LogP contribution is 2.27. The average Bonchev–Trinajstić information content (AvgIpc) is 2.66. The van der Waals surface area contributed by atoms with E-state index >= 15 is 0 Å². The van der Waals surface area contributed by atoms with E-state index in [2.05, 4.69) is 16.2 Å². The molecule has 0 aliphatic rings. The zero-order valence-electron chi connectivity index (χ0n) is 14.7. The number of aromatic nitrogens is 2. The Labute approximate surface area is 154 Å². The van der Waals surface area contributed by atoms with Crippen molar-refractivity contribution in [1.29, 1.82) is 0 Å². The van der Waals surface area contributed by atoms with Crippen LogP contribution >= 0.6 is 0 Å². The van der Waals surface area contributed by atoms with Crippen LogP contribution in [-0.4, -0.2) is 27.2 Å². The number of hydrogen-bond donors (Lipinski definition) is 1. The number of hydrogen-bond acceptors (Lipinski definition) is 5. The number of oxime groups is 1. The minimum atomic E-state index is -0.574. The Morgan fingerprint density at radius 3 is 2.74 bits per heavy atom. The van der Waals surface area contributed by atoms with E-state index in [1.54, 1.807) is 31.2 Å². The molecule has 0 spiro atoms. The van der Waals surface area contributed by atoms with E-state index < -0.39 is 11.4 Å². The molecule has 3 aromatic rings. The van der Waals surface area contributed by atoms with E-state index in [4.69, 9.17) is 11.3 Å². The summed E-state index contributed by atoms with van der Waals surface area (Å²) in [5.41, 5.74) is 0.0311. The molecule has 0 saturated carbocycles. The monoisotopic (exact) mass is 365 g/mol. The molecule has 1 aromatic heterocycles. The highest BCUT2D eigenvalue weighted by molar-refractivity contribution is 6.20. The number of aryl methyl sites for hydroxylation is 2. The van der Waals surface area contributed by atoms with Crippen molar-refractivity contribution in [3.63, 3.8) is 0 Å². The zero-order chi connectivity index (χ0) is 19.6. The smallest absolute Gasteiger partial charge is 0.279 e. The number of rotatable bonds is 4. The Bertz CT molecular complexity index is 1160. The topological polar surface area (TPSA) is 76.7 Å². The molecule has 0 atom stereocenters. The molecule has 2 aromatic carbocycles. The Kier molecular flexibility index (Phi) is 4.90. The third kappa shape index (κ3) is 3.25. The molecular formula is C20H16FN3O3. The number of nitrogens with zero attached hydrogens (tertiary/aromatic N) is 3. The predicted molar refractivity (Wildman–Crippen MR) is 100 cm³/mol. The molecule has 0 amide bonds. The molecule has 0 aliphatic carbocycles. The largest absolute Gasteiger partial charge is 0.505 e. The lowest BCUT2D eigenvalue weighted by atomic mass is 9.96. The Hall–Kier alpha value is -3.66. The van der Waals surface area contributed by atoms with Gasteiger partial charge < -0.3 is 9.94 Å². The maximum atomic E-state index is 14.2. The van der Waals surface area contributed by atoms with Gasteiger partial charge in [-0.1, -0.05) is 35.3 Å². The lowest BCUT2D eigenvalue weighted by molar-refractivity contribution is 0.180. The van der Waals surface area contributed by atoms with Crippen molar-refractivity contribution in [1.82, 2.24) is 9.78 Å². The first-order valence-corrected chi connectivity index (χ1v) is 8.04. The maximum absolute atomic E-state index is 14.2. The van der Waals surface area contributed by atoms with Gasteiger partial charge in [-0.05, 0) is 24.4 Å². The third-order valence-corrected chi connectivity index (χ3v) is 4.05. The van der Waals surface area contributed by atoms with Crippen LogP contribution in [0.1, 0.15) is 16.8 Å². The summed E-state index contributed by atoms with van der Waals surface area (Å²) in [7, 11) is 1.46. The lowest BCUT2D eigenvalue weighted by Gasteiger charge is -2.13. The van der Waals surface area contributed by atoms with Gasteiger partial charge in [0, 0.05) is 18.0 Å². The van der Waals surface area contributed by atoms with Crippen LogP contribution in [0.25, 0.3) is 10.8 Å². The minimum Gasteiger partial charge on any atom is -0.505 e. The van der Waals surface area contributed by atoms with E-state index in [-0.39, 0.29) is 29.3 Å². The fraction of sp³-hybridized carbons (Fsp3) is 0.150. The van der Waals surface area contributed by atoms with Gasteiger partial charge in [0.1, 0.15) is 22.8 Å². The van der Waals surface area contributed by atoms with Crippen LogP contribution in [-0.2, 0) is 11.9 Å². The first-order valence-electron chi connectivity index (χ1n) is 8.04. The van der Waals surface area contributed by atoms with Crippen molar-refractivity contribution in [2.45, 2.75) is 6.92 Å². The Morgan fingerprint density at radius 1 is 1.33 bits per heavy atom. The molecule has 27 heavy (non-hydrogen) atoms. The van der Waals surface area contributed by atoms with Crippen molar-refractivity contribution < 1.29 is 14.3 Å². The van der Waals surface area contributed by atoms with Gasteiger partial charge in [-0.2, -0.15) is 5.10 Å². The summed E-state index contributed by atoms with van der Waals surface area (Å²) in [4.78, 5) is 17.8. The molecule has 0 bridgehead atoms. The van der Waals surface area contributed by atoms with Gasteiger partial charge in [-0.15, -0.1) is 6.42 Å². The second-order valence-electron chi connectivity index (χ2n) is 5.80.